The number of ether oxygens (including phenoxy) is 2. The monoisotopic (exact) mass is 428 g/mol. The number of pyridine rings is 1. The Morgan fingerprint density at radius 3 is 2.26 bits per heavy atom. The van der Waals surface area contributed by atoms with Gasteiger partial charge < -0.3 is 19.9 Å². The number of methoxy groups -OCH3 is 1. The van der Waals surface area contributed by atoms with Crippen molar-refractivity contribution in [2.24, 2.45) is 5.92 Å². The van der Waals surface area contributed by atoms with Crippen LogP contribution < -0.4 is 10.1 Å². The number of carboxylic acid groups (broad SMARTS) is 1. The van der Waals surface area contributed by atoms with Gasteiger partial charge in [-0.1, -0.05) is 26.0 Å². The van der Waals surface area contributed by atoms with Crippen LogP contribution in [0.2, 0.25) is 0 Å². The number of carbonyl (C=O) groups excluding carboxylic acids is 1. The number of benzene rings is 1. The Balaban J connectivity index is 2.65. The largest absolute Gasteiger partial charge is 0.497 e. The van der Waals surface area contributed by atoms with Crippen LogP contribution in [0.4, 0.5) is 4.79 Å². The minimum Gasteiger partial charge on any atom is -0.497 e. The van der Waals surface area contributed by atoms with E-state index in [-0.39, 0.29) is 12.1 Å². The van der Waals surface area contributed by atoms with Gasteiger partial charge in [0, 0.05) is 23.4 Å². The van der Waals surface area contributed by atoms with Gasteiger partial charge in [0.05, 0.1) is 18.4 Å². The molecule has 31 heavy (non-hydrogen) atoms. The Labute approximate surface area is 183 Å². The second-order valence-corrected chi connectivity index (χ2v) is 8.86. The third kappa shape index (κ3) is 6.44. The van der Waals surface area contributed by atoms with E-state index in [0.717, 1.165) is 11.3 Å². The number of hydrogen-bond donors (Lipinski definition) is 2. The number of aromatic carboxylic acids is 1. The summed E-state index contributed by atoms with van der Waals surface area (Å²) in [6.07, 6.45) is 0.0796. The van der Waals surface area contributed by atoms with E-state index in [1.807, 2.05) is 12.1 Å². The zero-order valence-corrected chi connectivity index (χ0v) is 19.3. The number of nitrogens with zero attached hydrogens (tertiary/aromatic N) is 1. The maximum Gasteiger partial charge on any atom is 0.407 e. The number of carboxylic acids is 1. The summed E-state index contributed by atoms with van der Waals surface area (Å²) >= 11 is 0. The van der Waals surface area contributed by atoms with Crippen molar-refractivity contribution in [2.75, 3.05) is 7.11 Å². The van der Waals surface area contributed by atoms with E-state index in [1.54, 1.807) is 46.9 Å². The fourth-order valence-corrected chi connectivity index (χ4v) is 3.36. The van der Waals surface area contributed by atoms with Crippen LogP contribution in [0.15, 0.2) is 24.3 Å². The molecule has 7 heteroatoms. The van der Waals surface area contributed by atoms with Crippen molar-refractivity contribution >= 4 is 12.1 Å². The molecule has 0 atom stereocenters. The summed E-state index contributed by atoms with van der Waals surface area (Å²) in [5.74, 6) is -0.0979. The Hall–Kier alpha value is -3.09. The van der Waals surface area contributed by atoms with E-state index >= 15 is 0 Å². The molecule has 1 heterocycles. The van der Waals surface area contributed by atoms with E-state index in [1.165, 1.54) is 0 Å². The molecule has 1 aromatic carbocycles. The fourth-order valence-electron chi connectivity index (χ4n) is 3.36. The molecule has 2 N–H and O–H groups in total. The van der Waals surface area contributed by atoms with Gasteiger partial charge >= 0.3 is 12.1 Å². The first kappa shape index (κ1) is 24.2. The number of amides is 1. The normalized spacial score (nSPS) is 11.4. The highest BCUT2D eigenvalue weighted by Crippen LogP contribution is 2.33. The highest BCUT2D eigenvalue weighted by Gasteiger charge is 2.25. The van der Waals surface area contributed by atoms with Crippen molar-refractivity contribution < 1.29 is 24.2 Å². The van der Waals surface area contributed by atoms with E-state index in [2.05, 4.69) is 24.1 Å². The molecule has 0 saturated carbocycles. The Morgan fingerprint density at radius 2 is 1.77 bits per heavy atom. The van der Waals surface area contributed by atoms with Crippen LogP contribution in [0.25, 0.3) is 11.1 Å². The molecule has 0 aliphatic heterocycles. The van der Waals surface area contributed by atoms with Gasteiger partial charge in [-0.25, -0.2) is 9.59 Å². The van der Waals surface area contributed by atoms with Crippen LogP contribution in [0.5, 0.6) is 5.75 Å². The molecule has 1 amide bonds. The maximum absolute atomic E-state index is 12.3. The molecule has 0 radical (unpaired) electrons. The molecule has 2 aromatic rings. The van der Waals surface area contributed by atoms with Crippen molar-refractivity contribution in [1.29, 1.82) is 0 Å². The fraction of sp³-hybridized carbons (Fsp3) is 0.458. The molecule has 0 unspecified atom stereocenters. The zero-order valence-electron chi connectivity index (χ0n) is 19.3. The molecule has 0 bridgehead atoms. The van der Waals surface area contributed by atoms with Gasteiger partial charge in [-0.15, -0.1) is 0 Å². The van der Waals surface area contributed by atoms with Gasteiger partial charge in [0.2, 0.25) is 0 Å². The highest BCUT2D eigenvalue weighted by molar-refractivity contribution is 5.98. The Bertz CT molecular complexity index is 944. The van der Waals surface area contributed by atoms with Crippen LogP contribution in [-0.4, -0.2) is 34.9 Å². The second-order valence-electron chi connectivity index (χ2n) is 8.86. The Kier molecular flexibility index (Phi) is 7.65. The summed E-state index contributed by atoms with van der Waals surface area (Å²) in [6, 6.07) is 7.19. The molecular weight excluding hydrogens is 396 g/mol. The molecule has 2 rings (SSSR count). The van der Waals surface area contributed by atoms with E-state index < -0.39 is 17.7 Å². The predicted octanol–water partition coefficient (Wildman–Crippen LogP) is 4.99. The van der Waals surface area contributed by atoms with Crippen molar-refractivity contribution in [2.45, 2.75) is 60.1 Å². The van der Waals surface area contributed by atoms with E-state index in [4.69, 9.17) is 9.47 Å². The molecule has 0 aliphatic carbocycles. The molecule has 7 nitrogen and oxygen atoms in total. The number of nitrogens with one attached hydrogen (secondary N) is 1. The molecule has 0 aliphatic rings. The minimum absolute atomic E-state index is 0.103. The summed E-state index contributed by atoms with van der Waals surface area (Å²) in [4.78, 5) is 29.1. The lowest BCUT2D eigenvalue weighted by Crippen LogP contribution is -2.32. The summed E-state index contributed by atoms with van der Waals surface area (Å²) in [7, 11) is 1.57. The first-order valence-electron chi connectivity index (χ1n) is 10.3. The van der Waals surface area contributed by atoms with E-state index in [9.17, 15) is 14.7 Å². The lowest BCUT2D eigenvalue weighted by molar-refractivity contribution is 0.0523. The lowest BCUT2D eigenvalue weighted by atomic mass is 9.90. The van der Waals surface area contributed by atoms with Crippen LogP contribution in [0.3, 0.4) is 0 Å². The number of hydrogen-bond acceptors (Lipinski definition) is 5. The van der Waals surface area contributed by atoms with Crippen molar-refractivity contribution in [3.63, 3.8) is 0 Å². The minimum atomic E-state index is -1.06. The number of rotatable bonds is 7. The Morgan fingerprint density at radius 1 is 1.16 bits per heavy atom. The van der Waals surface area contributed by atoms with E-state index in [0.29, 0.717) is 34.9 Å². The highest BCUT2D eigenvalue weighted by atomic mass is 16.6. The summed E-state index contributed by atoms with van der Waals surface area (Å²) in [5.41, 5.74) is 2.63. The first-order valence-corrected chi connectivity index (χ1v) is 10.3. The topological polar surface area (TPSA) is 97.8 Å². The summed E-state index contributed by atoms with van der Waals surface area (Å²) in [6.45, 7) is 11.3. The zero-order chi connectivity index (χ0) is 23.3. The predicted molar refractivity (Wildman–Crippen MR) is 120 cm³/mol. The van der Waals surface area contributed by atoms with Gasteiger partial charge in [-0.3, -0.25) is 4.98 Å². The third-order valence-corrected chi connectivity index (χ3v) is 4.57. The molecule has 0 fully saturated rings. The molecule has 0 spiro atoms. The molecule has 0 saturated heterocycles. The SMILES string of the molecule is COc1ccc(-c2c(CNC(=O)OC(C)(C)C)c(CC(C)C)nc(C)c2C(=O)O)cc1. The van der Waals surface area contributed by atoms with Crippen molar-refractivity contribution in [3.05, 3.63) is 46.8 Å². The maximum atomic E-state index is 12.3. The van der Waals surface area contributed by atoms with Crippen LogP contribution in [-0.2, 0) is 17.7 Å². The average Bonchev–Trinajstić information content (AvgIpc) is 2.64. The number of aromatic nitrogens is 1. The van der Waals surface area contributed by atoms with Crippen LogP contribution >= 0.6 is 0 Å². The van der Waals surface area contributed by atoms with Crippen LogP contribution in [0.1, 0.15) is 61.9 Å². The van der Waals surface area contributed by atoms with Crippen molar-refractivity contribution in [1.82, 2.24) is 10.3 Å². The van der Waals surface area contributed by atoms with Gasteiger partial charge in [-0.2, -0.15) is 0 Å². The molecular formula is C24H32N2O5. The van der Waals surface area contributed by atoms with Gasteiger partial charge in [-0.05, 0) is 57.7 Å². The number of alkyl carbamates (subject to hydrolysis) is 1. The average molecular weight is 429 g/mol. The van der Waals surface area contributed by atoms with Gasteiger partial charge in [0.25, 0.3) is 0 Å². The number of carbonyl (C=O) groups is 2. The lowest BCUT2D eigenvalue weighted by Gasteiger charge is -2.22. The van der Waals surface area contributed by atoms with Gasteiger partial charge in [0.1, 0.15) is 11.4 Å². The summed E-state index contributed by atoms with van der Waals surface area (Å²) < 4.78 is 10.6. The number of aryl methyl sites for hydroxylation is 1. The van der Waals surface area contributed by atoms with Crippen LogP contribution in [0, 0.1) is 12.8 Å². The second kappa shape index (κ2) is 9.81. The van der Waals surface area contributed by atoms with Crippen molar-refractivity contribution in [3.8, 4) is 16.9 Å². The van der Waals surface area contributed by atoms with Gasteiger partial charge in [0.15, 0.2) is 0 Å². The quantitative estimate of drug-likeness (QED) is 0.645. The first-order chi connectivity index (χ1) is 14.4. The third-order valence-electron chi connectivity index (χ3n) is 4.57. The smallest absolute Gasteiger partial charge is 0.407 e. The molecule has 1 aromatic heterocycles. The standard InChI is InChI=1S/C24H32N2O5/c1-14(2)12-19-18(13-25-23(29)31-24(4,5)6)21(20(22(27)28)15(3)26-19)16-8-10-17(30-7)11-9-16/h8-11,14H,12-13H2,1-7H3,(H,25,29)(H,27,28). The summed E-state index contributed by atoms with van der Waals surface area (Å²) in [5, 5.41) is 12.7. The molecule has 168 valence electrons.